The molecule has 1 aliphatic heterocycles. The predicted octanol–water partition coefficient (Wildman–Crippen LogP) is 3.97. The van der Waals surface area contributed by atoms with E-state index in [1.807, 2.05) is 61.5 Å². The van der Waals surface area contributed by atoms with Crippen LogP contribution >= 0.6 is 0 Å². The molecular weight excluding hydrogens is 446 g/mol. The molecule has 4 rings (SSSR count). The molecule has 6 heteroatoms. The molecule has 172 valence electrons. The monoisotopic (exact) mass is 477 g/mol. The molecule has 3 aromatic carbocycles. The van der Waals surface area contributed by atoms with Gasteiger partial charge in [-0.15, -0.1) is 6.58 Å². The van der Waals surface area contributed by atoms with Crippen molar-refractivity contribution in [3.05, 3.63) is 103 Å². The molecule has 0 aromatic heterocycles. The summed E-state index contributed by atoms with van der Waals surface area (Å²) in [5, 5.41) is 2.35. The predicted molar refractivity (Wildman–Crippen MR) is 137 cm³/mol. The van der Waals surface area contributed by atoms with Crippen LogP contribution in [0.3, 0.4) is 0 Å². The zero-order valence-corrected chi connectivity index (χ0v) is 21.0. The highest BCUT2D eigenvalue weighted by Gasteiger charge is 2.44. The van der Waals surface area contributed by atoms with Crippen LogP contribution in [0.2, 0.25) is 6.55 Å². The van der Waals surface area contributed by atoms with Gasteiger partial charge in [-0.3, -0.25) is 0 Å². The van der Waals surface area contributed by atoms with Crippen molar-refractivity contribution in [2.45, 2.75) is 30.9 Å². The minimum Gasteiger partial charge on any atom is -0.404 e. The van der Waals surface area contributed by atoms with E-state index in [1.54, 1.807) is 16.4 Å². The van der Waals surface area contributed by atoms with Crippen molar-refractivity contribution < 1.29 is 12.8 Å². The van der Waals surface area contributed by atoms with Crippen LogP contribution in [0.1, 0.15) is 12.0 Å². The van der Waals surface area contributed by atoms with Gasteiger partial charge in [-0.1, -0.05) is 84.4 Å². The first kappa shape index (κ1) is 23.6. The molecule has 2 atom stereocenters. The van der Waals surface area contributed by atoms with Gasteiger partial charge in [-0.2, -0.15) is 4.31 Å². The molecule has 0 spiro atoms. The van der Waals surface area contributed by atoms with E-state index >= 15 is 0 Å². The lowest BCUT2D eigenvalue weighted by Crippen LogP contribution is -2.60. The number of rotatable bonds is 8. The summed E-state index contributed by atoms with van der Waals surface area (Å²) < 4.78 is 35.4. The van der Waals surface area contributed by atoms with Gasteiger partial charge < -0.3 is 4.43 Å². The average Bonchev–Trinajstić information content (AvgIpc) is 3.23. The first-order valence-corrected chi connectivity index (χ1v) is 15.2. The molecule has 1 fully saturated rings. The molecule has 0 amide bonds. The first-order valence-electron chi connectivity index (χ1n) is 11.3. The lowest BCUT2D eigenvalue weighted by atomic mass is 10.0. The maximum absolute atomic E-state index is 13.4. The number of allylic oxidation sites excluding steroid dienone is 1. The molecule has 0 saturated carbocycles. The second-order valence-corrected chi connectivity index (χ2v) is 14.2. The summed E-state index contributed by atoms with van der Waals surface area (Å²) in [6.45, 7) is 8.85. The van der Waals surface area contributed by atoms with E-state index in [1.165, 1.54) is 10.4 Å². The third-order valence-corrected chi connectivity index (χ3v) is 12.0. The van der Waals surface area contributed by atoms with E-state index < -0.39 is 18.3 Å². The van der Waals surface area contributed by atoms with E-state index in [0.29, 0.717) is 24.4 Å². The van der Waals surface area contributed by atoms with Crippen LogP contribution in [0.15, 0.2) is 102 Å². The van der Waals surface area contributed by atoms with Crippen molar-refractivity contribution in [2.75, 3.05) is 13.1 Å². The summed E-state index contributed by atoms with van der Waals surface area (Å²) in [6.07, 6.45) is 2.37. The number of benzene rings is 3. The van der Waals surface area contributed by atoms with E-state index in [2.05, 4.69) is 37.4 Å². The minimum absolute atomic E-state index is 0.0574. The molecule has 3 aromatic rings. The second-order valence-electron chi connectivity index (χ2n) is 8.84. The fourth-order valence-electron chi connectivity index (χ4n) is 4.55. The molecule has 0 radical (unpaired) electrons. The fourth-order valence-corrected chi connectivity index (χ4v) is 9.19. The van der Waals surface area contributed by atoms with Crippen molar-refractivity contribution in [1.82, 2.24) is 4.31 Å². The molecule has 0 N–H and O–H groups in total. The van der Waals surface area contributed by atoms with Crippen molar-refractivity contribution in [3.63, 3.8) is 0 Å². The maximum atomic E-state index is 13.4. The van der Waals surface area contributed by atoms with Gasteiger partial charge in [0, 0.05) is 19.0 Å². The normalized spacial score (nSPS) is 19.5. The van der Waals surface area contributed by atoms with Gasteiger partial charge in [0.25, 0.3) is 8.32 Å². The highest BCUT2D eigenvalue weighted by Crippen LogP contribution is 2.30. The molecule has 1 saturated heterocycles. The Kier molecular flexibility index (Phi) is 7.00. The number of nitrogens with zero attached hydrogens (tertiary/aromatic N) is 1. The summed E-state index contributed by atoms with van der Waals surface area (Å²) in [5.74, 6) is 0.0574. The van der Waals surface area contributed by atoms with Crippen molar-refractivity contribution in [1.29, 1.82) is 0 Å². The Morgan fingerprint density at radius 2 is 1.48 bits per heavy atom. The van der Waals surface area contributed by atoms with Crippen LogP contribution in [0.25, 0.3) is 0 Å². The lowest BCUT2D eigenvalue weighted by Gasteiger charge is -2.33. The summed E-state index contributed by atoms with van der Waals surface area (Å²) in [5.41, 5.74) is 1.04. The third kappa shape index (κ3) is 4.89. The number of aryl methyl sites for hydroxylation is 1. The van der Waals surface area contributed by atoms with Crippen LogP contribution < -0.4 is 10.4 Å². The fraction of sp³-hybridized carbons (Fsp3) is 0.259. The van der Waals surface area contributed by atoms with Crippen LogP contribution in [-0.2, 0) is 14.4 Å². The maximum Gasteiger partial charge on any atom is 0.253 e. The van der Waals surface area contributed by atoms with Gasteiger partial charge in [-0.05, 0) is 42.4 Å². The smallest absolute Gasteiger partial charge is 0.253 e. The summed E-state index contributed by atoms with van der Waals surface area (Å²) in [6, 6.07) is 27.7. The molecule has 1 aliphatic rings. The SMILES string of the molecule is C=CC[C@H]1CN(S(=O)(=O)c2ccc(C)cc2)C[C@@H]1O[Si](C)(c1ccccc1)c1ccccc1. The lowest BCUT2D eigenvalue weighted by molar-refractivity contribution is 0.170. The van der Waals surface area contributed by atoms with Crippen molar-refractivity contribution in [2.24, 2.45) is 5.92 Å². The summed E-state index contributed by atoms with van der Waals surface area (Å²) in [7, 11) is -6.16. The Morgan fingerprint density at radius 3 is 2.00 bits per heavy atom. The number of hydrogen-bond acceptors (Lipinski definition) is 3. The van der Waals surface area contributed by atoms with Gasteiger partial charge in [0.2, 0.25) is 10.0 Å². The zero-order chi connectivity index (χ0) is 23.5. The Morgan fingerprint density at radius 1 is 0.939 bits per heavy atom. The molecule has 0 bridgehead atoms. The number of hydrogen-bond donors (Lipinski definition) is 0. The highest BCUT2D eigenvalue weighted by atomic mass is 32.2. The Hall–Kier alpha value is -2.51. The van der Waals surface area contributed by atoms with Crippen LogP contribution in [0, 0.1) is 12.8 Å². The zero-order valence-electron chi connectivity index (χ0n) is 19.2. The van der Waals surface area contributed by atoms with Crippen LogP contribution in [0.5, 0.6) is 0 Å². The first-order chi connectivity index (χ1) is 15.8. The molecule has 0 unspecified atom stereocenters. The van der Waals surface area contributed by atoms with E-state index in [0.717, 1.165) is 5.56 Å². The third-order valence-electron chi connectivity index (χ3n) is 6.51. The van der Waals surface area contributed by atoms with Gasteiger partial charge in [-0.25, -0.2) is 8.42 Å². The Balaban J connectivity index is 1.67. The Labute approximate surface area is 198 Å². The average molecular weight is 478 g/mol. The van der Waals surface area contributed by atoms with Gasteiger partial charge in [0.1, 0.15) is 0 Å². The molecule has 33 heavy (non-hydrogen) atoms. The molecule has 0 aliphatic carbocycles. The van der Waals surface area contributed by atoms with Crippen molar-refractivity contribution >= 4 is 28.7 Å². The van der Waals surface area contributed by atoms with E-state index in [4.69, 9.17) is 4.43 Å². The van der Waals surface area contributed by atoms with Gasteiger partial charge in [0.15, 0.2) is 0 Å². The largest absolute Gasteiger partial charge is 0.404 e. The minimum atomic E-state index is -3.59. The molecule has 1 heterocycles. The van der Waals surface area contributed by atoms with Crippen LogP contribution in [-0.4, -0.2) is 40.2 Å². The van der Waals surface area contributed by atoms with Crippen molar-refractivity contribution in [3.8, 4) is 0 Å². The molecular formula is C27H31NO3SSi. The second kappa shape index (κ2) is 9.77. The summed E-state index contributed by atoms with van der Waals surface area (Å²) in [4.78, 5) is 0.331. The standard InChI is InChI=1S/C27H31NO3SSi/c1-4-11-23-20-28(32(29,30)24-18-16-22(2)17-19-24)21-27(23)31-33(3,25-12-7-5-8-13-25)26-14-9-6-10-15-26/h4-10,12-19,23,27H,1,11,20-21H2,2-3H3/t23-,27-/m0/s1. The quantitative estimate of drug-likeness (QED) is 0.364. The van der Waals surface area contributed by atoms with E-state index in [-0.39, 0.29) is 12.0 Å². The highest BCUT2D eigenvalue weighted by molar-refractivity contribution is 7.89. The van der Waals surface area contributed by atoms with Crippen LogP contribution in [0.4, 0.5) is 0 Å². The van der Waals surface area contributed by atoms with Gasteiger partial charge >= 0.3 is 0 Å². The topological polar surface area (TPSA) is 46.6 Å². The summed E-state index contributed by atoms with van der Waals surface area (Å²) >= 11 is 0. The van der Waals surface area contributed by atoms with Gasteiger partial charge in [0.05, 0.1) is 11.0 Å². The Bertz CT molecular complexity index is 1140. The number of sulfonamides is 1. The van der Waals surface area contributed by atoms with E-state index in [9.17, 15) is 8.42 Å². The molecule has 4 nitrogen and oxygen atoms in total.